The molecule has 3 aromatic rings. The Hall–Kier alpha value is -5.19. The quantitative estimate of drug-likeness (QED) is 0.175. The van der Waals surface area contributed by atoms with Crippen molar-refractivity contribution in [2.45, 2.75) is 18.0 Å². The maximum absolute atomic E-state index is 12.8. The Morgan fingerprint density at radius 2 is 1.79 bits per heavy atom. The van der Waals surface area contributed by atoms with Gasteiger partial charge in [-0.2, -0.15) is 13.2 Å². The molecule has 0 aliphatic carbocycles. The van der Waals surface area contributed by atoms with Gasteiger partial charge < -0.3 is 16.4 Å². The molecule has 0 spiro atoms. The first kappa shape index (κ1) is 33.0. The van der Waals surface area contributed by atoms with Crippen LogP contribution in [0.25, 0.3) is 0 Å². The van der Waals surface area contributed by atoms with E-state index in [1.807, 2.05) is 6.92 Å². The highest BCUT2D eigenvalue weighted by Crippen LogP contribution is 2.30. The zero-order valence-corrected chi connectivity index (χ0v) is 23.1. The van der Waals surface area contributed by atoms with E-state index < -0.39 is 27.7 Å². The molecule has 13 heteroatoms. The zero-order chi connectivity index (χ0) is 31.3. The maximum Gasteiger partial charge on any atom is 0.416 e. The Labute approximate surface area is 241 Å². The molecule has 2 aromatic carbocycles. The van der Waals surface area contributed by atoms with Crippen molar-refractivity contribution in [3.05, 3.63) is 120 Å². The van der Waals surface area contributed by atoms with Crippen LogP contribution in [-0.2, 0) is 16.2 Å². The largest absolute Gasteiger partial charge is 0.416 e. The summed E-state index contributed by atoms with van der Waals surface area (Å²) in [5, 5.41) is 10.1. The lowest BCUT2D eigenvalue weighted by molar-refractivity contribution is -0.137. The molecular formula is C29H27F3N6O3S. The summed E-state index contributed by atoms with van der Waals surface area (Å²) in [6.45, 7) is 8.93. The fourth-order valence-electron chi connectivity index (χ4n) is 2.95. The third-order valence-electron chi connectivity index (χ3n) is 5.02. The Bertz CT molecular complexity index is 1670. The summed E-state index contributed by atoms with van der Waals surface area (Å²) in [4.78, 5) is 20.3. The summed E-state index contributed by atoms with van der Waals surface area (Å²) in [6.07, 6.45) is 2.39. The number of hydrogen-bond acceptors (Lipinski definition) is 7. The fourth-order valence-corrected chi connectivity index (χ4v) is 3.46. The molecule has 1 aromatic heterocycles. The number of benzene rings is 2. The first-order chi connectivity index (χ1) is 19.7. The van der Waals surface area contributed by atoms with Gasteiger partial charge in [0.15, 0.2) is 0 Å². The smallest absolute Gasteiger partial charge is 0.399 e. The first-order valence-corrected chi connectivity index (χ1v) is 13.4. The third kappa shape index (κ3) is 10.8. The lowest BCUT2D eigenvalue weighted by Gasteiger charge is -2.09. The van der Waals surface area contributed by atoms with E-state index in [1.54, 1.807) is 18.2 Å². The number of amides is 1. The van der Waals surface area contributed by atoms with Crippen LogP contribution in [0.1, 0.15) is 27.0 Å². The highest BCUT2D eigenvalue weighted by molar-refractivity contribution is 7.89. The van der Waals surface area contributed by atoms with Gasteiger partial charge >= 0.3 is 6.18 Å². The number of carbonyl (C=O) groups excluding carboxylic acids is 1. The van der Waals surface area contributed by atoms with Crippen molar-refractivity contribution in [3.63, 3.8) is 0 Å². The normalized spacial score (nSPS) is 11.4. The Morgan fingerprint density at radius 3 is 2.38 bits per heavy atom. The molecule has 0 bridgehead atoms. The van der Waals surface area contributed by atoms with Crippen LogP contribution in [0.4, 0.5) is 24.7 Å². The van der Waals surface area contributed by atoms with E-state index >= 15 is 0 Å². The predicted molar refractivity (Wildman–Crippen MR) is 158 cm³/mol. The molecule has 0 unspecified atom stereocenters. The summed E-state index contributed by atoms with van der Waals surface area (Å²) in [7, 11) is -3.58. The summed E-state index contributed by atoms with van der Waals surface area (Å²) < 4.78 is 59.9. The van der Waals surface area contributed by atoms with E-state index in [0.717, 1.165) is 23.9 Å². The minimum atomic E-state index is -4.53. The van der Waals surface area contributed by atoms with Crippen LogP contribution in [0.5, 0.6) is 0 Å². The number of sulfonamides is 1. The summed E-state index contributed by atoms with van der Waals surface area (Å²) >= 11 is 0. The average molecular weight is 597 g/mol. The molecule has 0 fully saturated rings. The zero-order valence-electron chi connectivity index (χ0n) is 22.3. The molecular weight excluding hydrogens is 569 g/mol. The molecule has 0 aliphatic heterocycles. The number of carbonyl (C=O) groups is 1. The van der Waals surface area contributed by atoms with Crippen molar-refractivity contribution < 1.29 is 26.4 Å². The number of aromatic nitrogens is 1. The van der Waals surface area contributed by atoms with E-state index in [1.165, 1.54) is 49.0 Å². The van der Waals surface area contributed by atoms with E-state index in [0.29, 0.717) is 16.9 Å². The number of anilines is 2. The predicted octanol–water partition coefficient (Wildman–Crippen LogP) is 4.76. The van der Waals surface area contributed by atoms with Crippen LogP contribution in [0.15, 0.2) is 108 Å². The molecule has 0 aliphatic rings. The number of halogens is 3. The van der Waals surface area contributed by atoms with Crippen molar-refractivity contribution in [2.24, 2.45) is 10.1 Å². The monoisotopic (exact) mass is 596 g/mol. The topological polar surface area (TPSA) is 153 Å². The molecule has 3 rings (SSSR count). The van der Waals surface area contributed by atoms with Crippen LogP contribution in [0.3, 0.4) is 0 Å². The second-order valence-corrected chi connectivity index (χ2v) is 9.76. The van der Waals surface area contributed by atoms with Gasteiger partial charge in [-0.1, -0.05) is 31.2 Å². The molecule has 6 N–H and O–H groups in total. The minimum absolute atomic E-state index is 0.0756. The number of aliphatic imine (C=N–C) groups is 1. The highest BCUT2D eigenvalue weighted by atomic mass is 32.2. The minimum Gasteiger partial charge on any atom is -0.399 e. The fraction of sp³-hybridized carbons (Fsp3) is 0.0690. The number of aryl methyl sites for hydroxylation is 1. The number of nitrogens with two attached hydrogens (primary N) is 2. The van der Waals surface area contributed by atoms with Crippen molar-refractivity contribution in [1.82, 2.24) is 10.3 Å². The van der Waals surface area contributed by atoms with Gasteiger partial charge in [-0.25, -0.2) is 18.5 Å². The maximum atomic E-state index is 12.8. The number of allylic oxidation sites excluding steroid dienone is 2. The van der Waals surface area contributed by atoms with Crippen LogP contribution in [-0.4, -0.2) is 25.5 Å². The van der Waals surface area contributed by atoms with Crippen molar-refractivity contribution in [1.29, 1.82) is 0 Å². The number of hydrogen-bond donors (Lipinski definition) is 4. The van der Waals surface area contributed by atoms with Gasteiger partial charge in [0.05, 0.1) is 16.7 Å². The van der Waals surface area contributed by atoms with Gasteiger partial charge in [0.1, 0.15) is 11.5 Å². The number of alkyl halides is 3. The van der Waals surface area contributed by atoms with Gasteiger partial charge in [-0.15, -0.1) is 0 Å². The van der Waals surface area contributed by atoms with Crippen molar-refractivity contribution in [2.75, 3.05) is 11.1 Å². The number of nitrogens with zero attached hydrogens (tertiary/aromatic N) is 2. The van der Waals surface area contributed by atoms with Gasteiger partial charge in [-0.3, -0.25) is 9.79 Å². The molecule has 1 amide bonds. The third-order valence-corrected chi connectivity index (χ3v) is 5.95. The second-order valence-electron chi connectivity index (χ2n) is 8.20. The number of primary sulfonamides is 1. The van der Waals surface area contributed by atoms with E-state index in [-0.39, 0.29) is 16.3 Å². The molecule has 1 heterocycles. The summed E-state index contributed by atoms with van der Waals surface area (Å²) in [5.41, 5.74) is 7.01. The van der Waals surface area contributed by atoms with Crippen LogP contribution < -0.4 is 21.5 Å². The lowest BCUT2D eigenvalue weighted by atomic mass is 10.0. The SMILES string of the molecule is C=CC=N/C=C(/C#Cc1cc(C(=O)Nc2cc(C(F)(F)F)ccn2)ccc1C)NC=C.Nc1ccc(S(N)(=O)=O)cc1. The van der Waals surface area contributed by atoms with Crippen LogP contribution in [0.2, 0.25) is 0 Å². The number of pyridine rings is 1. The van der Waals surface area contributed by atoms with Crippen LogP contribution >= 0.6 is 0 Å². The Morgan fingerprint density at radius 1 is 1.10 bits per heavy atom. The standard InChI is InChI=1S/C23H19F3N4O.C6H8N2O2S/c1-4-11-27-15-20(28-5-2)9-8-17-13-18(7-6-16(17)3)22(31)30-21-14-19(10-12-29-21)23(24,25)26;7-5-1-3-6(4-2-5)11(8,9)10/h4-7,10-15,28H,1-2H2,3H3,(H,29,30,31);1-4H,7H2,(H2,8,9,10)/b20-15-,27-11?;. The molecule has 0 atom stereocenters. The van der Waals surface area contributed by atoms with E-state index in [2.05, 4.69) is 45.6 Å². The van der Waals surface area contributed by atoms with Gasteiger partial charge in [-0.05, 0) is 73.1 Å². The highest BCUT2D eigenvalue weighted by Gasteiger charge is 2.30. The number of rotatable bonds is 7. The van der Waals surface area contributed by atoms with Crippen molar-refractivity contribution in [3.8, 4) is 11.8 Å². The van der Waals surface area contributed by atoms with Gasteiger partial charge in [0.25, 0.3) is 5.91 Å². The van der Waals surface area contributed by atoms with Gasteiger partial charge in [0.2, 0.25) is 10.0 Å². The number of nitrogens with one attached hydrogen (secondary N) is 2. The molecule has 0 radical (unpaired) electrons. The second kappa shape index (κ2) is 15.0. The summed E-state index contributed by atoms with van der Waals surface area (Å²) in [6, 6.07) is 12.1. The molecule has 0 saturated carbocycles. The lowest BCUT2D eigenvalue weighted by Crippen LogP contribution is -2.14. The number of nitrogen functional groups attached to an aromatic ring is 1. The molecule has 42 heavy (non-hydrogen) atoms. The Kier molecular flexibility index (Phi) is 11.8. The van der Waals surface area contributed by atoms with Crippen molar-refractivity contribution >= 4 is 33.7 Å². The average Bonchev–Trinajstić information content (AvgIpc) is 2.92. The first-order valence-electron chi connectivity index (χ1n) is 11.8. The Balaban J connectivity index is 0.000000468. The van der Waals surface area contributed by atoms with E-state index in [9.17, 15) is 26.4 Å². The van der Waals surface area contributed by atoms with E-state index in [4.69, 9.17) is 10.9 Å². The van der Waals surface area contributed by atoms with Gasteiger partial charge in [0, 0.05) is 29.2 Å². The van der Waals surface area contributed by atoms with Crippen LogP contribution in [0, 0.1) is 18.8 Å². The molecule has 0 saturated heterocycles. The molecule has 218 valence electrons. The molecule has 9 nitrogen and oxygen atoms in total. The summed E-state index contributed by atoms with van der Waals surface area (Å²) in [5.74, 6) is 5.02.